The number of hydrogen-bond acceptors (Lipinski definition) is 4. The van der Waals surface area contributed by atoms with Gasteiger partial charge in [-0.25, -0.2) is 0 Å². The van der Waals surface area contributed by atoms with E-state index >= 15 is 0 Å². The number of aromatic nitrogens is 2. The fourth-order valence-corrected chi connectivity index (χ4v) is 2.48. The van der Waals surface area contributed by atoms with Gasteiger partial charge in [0.25, 0.3) is 0 Å². The van der Waals surface area contributed by atoms with E-state index < -0.39 is 0 Å². The highest BCUT2D eigenvalue weighted by Gasteiger charge is 2.20. The molecule has 0 saturated carbocycles. The van der Waals surface area contributed by atoms with E-state index in [1.807, 2.05) is 19.2 Å². The van der Waals surface area contributed by atoms with E-state index in [4.69, 9.17) is 4.74 Å². The molecule has 98 valence electrons. The van der Waals surface area contributed by atoms with Crippen molar-refractivity contribution in [3.8, 4) is 0 Å². The maximum Gasteiger partial charge on any atom is 0.113 e. The van der Waals surface area contributed by atoms with Crippen LogP contribution in [0.5, 0.6) is 0 Å². The van der Waals surface area contributed by atoms with Gasteiger partial charge in [-0.15, -0.1) is 0 Å². The van der Waals surface area contributed by atoms with E-state index in [0.29, 0.717) is 0 Å². The smallest absolute Gasteiger partial charge is 0.113 e. The molecule has 3 rings (SSSR count). The highest BCUT2D eigenvalue weighted by Crippen LogP contribution is 2.29. The highest BCUT2D eigenvalue weighted by molar-refractivity contribution is 5.78. The molecule has 1 aromatic carbocycles. The molecule has 0 radical (unpaired) electrons. The summed E-state index contributed by atoms with van der Waals surface area (Å²) >= 11 is 0. The van der Waals surface area contributed by atoms with E-state index in [1.54, 1.807) is 12.4 Å². The minimum absolute atomic E-state index is 0.0423. The van der Waals surface area contributed by atoms with Gasteiger partial charge in [-0.3, -0.25) is 9.97 Å². The molecule has 1 aliphatic rings. The maximum absolute atomic E-state index is 5.78. The molecule has 1 atom stereocenters. The Morgan fingerprint density at radius 3 is 2.95 bits per heavy atom. The van der Waals surface area contributed by atoms with Gasteiger partial charge in [0, 0.05) is 18.0 Å². The highest BCUT2D eigenvalue weighted by atomic mass is 16.5. The first-order valence-electron chi connectivity index (χ1n) is 6.60. The Kier molecular flexibility index (Phi) is 3.42. The third-order valence-corrected chi connectivity index (χ3v) is 3.38. The van der Waals surface area contributed by atoms with Gasteiger partial charge in [0.1, 0.15) is 5.76 Å². The summed E-state index contributed by atoms with van der Waals surface area (Å²) < 4.78 is 5.78. The van der Waals surface area contributed by atoms with Crippen LogP contribution in [-0.4, -0.2) is 23.6 Å². The molecular formula is C15H17N3O. The number of hydrogen-bond donors (Lipinski definition) is 1. The van der Waals surface area contributed by atoms with Crippen LogP contribution in [0.3, 0.4) is 0 Å². The topological polar surface area (TPSA) is 47.0 Å². The van der Waals surface area contributed by atoms with Crippen molar-refractivity contribution in [3.63, 3.8) is 0 Å². The van der Waals surface area contributed by atoms with Crippen LogP contribution in [0, 0.1) is 0 Å². The molecular weight excluding hydrogens is 238 g/mol. The Morgan fingerprint density at radius 1 is 1.26 bits per heavy atom. The quantitative estimate of drug-likeness (QED) is 0.915. The third-order valence-electron chi connectivity index (χ3n) is 3.38. The molecule has 0 fully saturated rings. The Bertz CT molecular complexity index is 604. The van der Waals surface area contributed by atoms with Crippen molar-refractivity contribution in [1.82, 2.24) is 15.3 Å². The first kappa shape index (κ1) is 12.1. The van der Waals surface area contributed by atoms with Gasteiger partial charge in [0.15, 0.2) is 0 Å². The van der Waals surface area contributed by atoms with Crippen molar-refractivity contribution in [1.29, 1.82) is 0 Å². The average Bonchev–Trinajstić information content (AvgIpc) is 2.49. The lowest BCUT2D eigenvalue weighted by Crippen LogP contribution is -2.22. The predicted octanol–water partition coefficient (Wildman–Crippen LogP) is 2.58. The first-order valence-corrected chi connectivity index (χ1v) is 6.60. The molecule has 1 aromatic heterocycles. The summed E-state index contributed by atoms with van der Waals surface area (Å²) in [7, 11) is 1.94. The monoisotopic (exact) mass is 255 g/mol. The number of rotatable bonds is 3. The fourth-order valence-electron chi connectivity index (χ4n) is 2.48. The molecule has 1 aliphatic heterocycles. The zero-order chi connectivity index (χ0) is 13.1. The number of nitrogens with one attached hydrogen (secondary N) is 1. The number of allylic oxidation sites excluding steroid dienone is 1. The lowest BCUT2D eigenvalue weighted by atomic mass is 10.0. The Labute approximate surface area is 112 Å². The van der Waals surface area contributed by atoms with Crippen molar-refractivity contribution in [2.24, 2.45) is 0 Å². The summed E-state index contributed by atoms with van der Waals surface area (Å²) in [6.45, 7) is 0.792. The van der Waals surface area contributed by atoms with Crippen LogP contribution in [0.25, 0.3) is 11.0 Å². The molecule has 0 spiro atoms. The van der Waals surface area contributed by atoms with Crippen LogP contribution >= 0.6 is 0 Å². The number of ether oxygens (including phenoxy) is 1. The number of nitrogens with zero attached hydrogens (tertiary/aromatic N) is 2. The summed E-state index contributed by atoms with van der Waals surface area (Å²) in [6.07, 6.45) is 7.78. The van der Waals surface area contributed by atoms with Crippen molar-refractivity contribution in [2.45, 2.75) is 18.9 Å². The molecule has 0 amide bonds. The van der Waals surface area contributed by atoms with Crippen molar-refractivity contribution in [3.05, 3.63) is 48.0 Å². The van der Waals surface area contributed by atoms with Crippen LogP contribution < -0.4 is 5.32 Å². The largest absolute Gasteiger partial charge is 0.496 e. The van der Waals surface area contributed by atoms with Crippen LogP contribution in [0.1, 0.15) is 24.4 Å². The van der Waals surface area contributed by atoms with Crippen molar-refractivity contribution < 1.29 is 4.74 Å². The van der Waals surface area contributed by atoms with Gasteiger partial charge in [0.2, 0.25) is 0 Å². The number of para-hydroxylation sites is 1. The summed E-state index contributed by atoms with van der Waals surface area (Å²) in [5.41, 5.74) is 2.96. The van der Waals surface area contributed by atoms with Gasteiger partial charge in [-0.2, -0.15) is 0 Å². The zero-order valence-corrected chi connectivity index (χ0v) is 11.0. The minimum atomic E-state index is 0.0423. The molecule has 1 unspecified atom stereocenters. The van der Waals surface area contributed by atoms with Gasteiger partial charge in [0.05, 0.1) is 23.7 Å². The van der Waals surface area contributed by atoms with E-state index in [2.05, 4.69) is 27.4 Å². The van der Waals surface area contributed by atoms with E-state index in [9.17, 15) is 0 Å². The fraction of sp³-hybridized carbons (Fsp3) is 0.333. The molecule has 0 saturated heterocycles. The van der Waals surface area contributed by atoms with Crippen LogP contribution in [0.2, 0.25) is 0 Å². The van der Waals surface area contributed by atoms with Crippen LogP contribution in [-0.2, 0) is 4.74 Å². The van der Waals surface area contributed by atoms with Gasteiger partial charge in [-0.1, -0.05) is 12.1 Å². The Morgan fingerprint density at radius 2 is 2.16 bits per heavy atom. The van der Waals surface area contributed by atoms with E-state index in [-0.39, 0.29) is 6.04 Å². The van der Waals surface area contributed by atoms with Gasteiger partial charge < -0.3 is 10.1 Å². The summed E-state index contributed by atoms with van der Waals surface area (Å²) in [6, 6.07) is 6.12. The lowest BCUT2D eigenvalue weighted by molar-refractivity contribution is 0.170. The molecule has 19 heavy (non-hydrogen) atoms. The standard InChI is InChI=1S/C15H17N3O/c1-16-15(13-7-2-3-10-19-13)11-5-4-6-12-14(11)18-9-8-17-12/h4-9,15-16H,2-3,10H2,1H3. The van der Waals surface area contributed by atoms with Crippen molar-refractivity contribution in [2.75, 3.05) is 13.7 Å². The SMILES string of the molecule is CNC(C1=CCCCO1)c1cccc2nccnc12. The average molecular weight is 255 g/mol. The van der Waals surface area contributed by atoms with E-state index in [1.165, 1.54) is 0 Å². The second-order valence-corrected chi connectivity index (χ2v) is 4.59. The van der Waals surface area contributed by atoms with Crippen LogP contribution in [0.15, 0.2) is 42.4 Å². The number of likely N-dealkylation sites (N-methyl/N-ethyl adjacent to an activating group) is 1. The first-order chi connectivity index (χ1) is 9.40. The Balaban J connectivity index is 2.08. The van der Waals surface area contributed by atoms with E-state index in [0.717, 1.165) is 41.8 Å². The second-order valence-electron chi connectivity index (χ2n) is 4.59. The molecule has 0 bridgehead atoms. The molecule has 4 heteroatoms. The summed E-state index contributed by atoms with van der Waals surface area (Å²) in [5.74, 6) is 0.993. The zero-order valence-electron chi connectivity index (χ0n) is 11.0. The normalized spacial score (nSPS) is 16.8. The van der Waals surface area contributed by atoms with Gasteiger partial charge >= 0.3 is 0 Å². The molecule has 2 heterocycles. The molecule has 0 aliphatic carbocycles. The van der Waals surface area contributed by atoms with Gasteiger partial charge in [-0.05, 0) is 32.0 Å². The molecule has 1 N–H and O–H groups in total. The second kappa shape index (κ2) is 5.36. The lowest BCUT2D eigenvalue weighted by Gasteiger charge is -2.24. The number of fused-ring (bicyclic) bond motifs is 1. The molecule has 2 aromatic rings. The summed E-state index contributed by atoms with van der Waals surface area (Å²) in [4.78, 5) is 8.81. The van der Waals surface area contributed by atoms with Crippen LogP contribution in [0.4, 0.5) is 0 Å². The molecule has 4 nitrogen and oxygen atoms in total. The minimum Gasteiger partial charge on any atom is -0.496 e. The van der Waals surface area contributed by atoms with Crippen molar-refractivity contribution >= 4 is 11.0 Å². The Hall–Kier alpha value is -1.94. The predicted molar refractivity (Wildman–Crippen MR) is 74.6 cm³/mol. The third kappa shape index (κ3) is 2.31. The number of benzene rings is 1. The summed E-state index contributed by atoms with van der Waals surface area (Å²) in [5, 5.41) is 3.32. The maximum atomic E-state index is 5.78.